The highest BCUT2D eigenvalue weighted by Crippen LogP contribution is 2.35. The van der Waals surface area contributed by atoms with Crippen LogP contribution < -0.4 is 0 Å². The van der Waals surface area contributed by atoms with E-state index in [1.54, 1.807) is 0 Å². The van der Waals surface area contributed by atoms with Crippen LogP contribution in [0, 0.1) is 0 Å². The number of allylic oxidation sites excluding steroid dienone is 1. The van der Waals surface area contributed by atoms with Gasteiger partial charge in [0.15, 0.2) is 0 Å². The van der Waals surface area contributed by atoms with Gasteiger partial charge in [-0.3, -0.25) is 9.32 Å². The van der Waals surface area contributed by atoms with Crippen LogP contribution in [-0.4, -0.2) is 51.4 Å². The third-order valence-corrected chi connectivity index (χ3v) is 5.07. The lowest BCUT2D eigenvalue weighted by molar-refractivity contribution is -0.147. The van der Waals surface area contributed by atoms with Gasteiger partial charge in [0.05, 0.1) is 12.7 Å². The number of carbonyl (C=O) groups is 1. The topological polar surface area (TPSA) is 134 Å². The standard InChI is InChI=1S/C21H41O8P/c1-2-3-4-5-6-8-11-14-19(22)15-12-9-7-10-13-16-21(24)28-17-20(23)18-29-30(25,26)27/h11,14,19-20,22-23H,2-10,12-13,15-18H2,1H3,(H2,25,26,27)/b14-11+/t19?,20-/m0/s1. The second-order valence-electron chi connectivity index (χ2n) is 7.63. The van der Waals surface area contributed by atoms with Crippen LogP contribution in [0.1, 0.15) is 90.4 Å². The fourth-order valence-corrected chi connectivity index (χ4v) is 3.23. The highest BCUT2D eigenvalue weighted by Gasteiger charge is 2.17. The number of phosphoric acid groups is 1. The van der Waals surface area contributed by atoms with Crippen molar-refractivity contribution in [3.05, 3.63) is 12.2 Å². The van der Waals surface area contributed by atoms with Gasteiger partial charge in [-0.05, 0) is 25.7 Å². The van der Waals surface area contributed by atoms with E-state index in [-0.39, 0.29) is 19.1 Å². The van der Waals surface area contributed by atoms with E-state index in [1.165, 1.54) is 32.1 Å². The monoisotopic (exact) mass is 452 g/mol. The van der Waals surface area contributed by atoms with Crippen LogP contribution in [0.25, 0.3) is 0 Å². The lowest BCUT2D eigenvalue weighted by Gasteiger charge is -2.12. The molecule has 178 valence electrons. The Hall–Kier alpha value is -0.760. The van der Waals surface area contributed by atoms with Gasteiger partial charge in [-0.15, -0.1) is 0 Å². The molecule has 0 aromatic heterocycles. The van der Waals surface area contributed by atoms with Crippen molar-refractivity contribution in [1.29, 1.82) is 0 Å². The third kappa shape index (κ3) is 21.9. The van der Waals surface area contributed by atoms with Crippen LogP contribution in [0.15, 0.2) is 12.2 Å². The summed E-state index contributed by atoms with van der Waals surface area (Å²) in [5, 5.41) is 19.3. The largest absolute Gasteiger partial charge is 0.469 e. The summed E-state index contributed by atoms with van der Waals surface area (Å²) in [6.45, 7) is 1.25. The minimum absolute atomic E-state index is 0.232. The summed E-state index contributed by atoms with van der Waals surface area (Å²) in [6.07, 6.45) is 15.1. The quantitative estimate of drug-likeness (QED) is 0.0942. The van der Waals surface area contributed by atoms with Gasteiger partial charge >= 0.3 is 13.8 Å². The SMILES string of the molecule is CCCCCCC/C=C/C(O)CCCCCCCC(=O)OC[C@H](O)COP(=O)(O)O. The molecule has 0 aliphatic rings. The lowest BCUT2D eigenvalue weighted by Crippen LogP contribution is -2.23. The maximum absolute atomic E-state index is 11.6. The van der Waals surface area contributed by atoms with E-state index in [0.29, 0.717) is 6.42 Å². The van der Waals surface area contributed by atoms with Gasteiger partial charge in [0, 0.05) is 6.42 Å². The van der Waals surface area contributed by atoms with Crippen LogP contribution in [0.2, 0.25) is 0 Å². The summed E-state index contributed by atoms with van der Waals surface area (Å²) >= 11 is 0. The van der Waals surface area contributed by atoms with Crippen molar-refractivity contribution in [3.8, 4) is 0 Å². The second-order valence-corrected chi connectivity index (χ2v) is 8.87. The lowest BCUT2D eigenvalue weighted by atomic mass is 10.1. The number of hydrogen-bond donors (Lipinski definition) is 4. The fourth-order valence-electron chi connectivity index (χ4n) is 2.86. The molecular weight excluding hydrogens is 411 g/mol. The summed E-state index contributed by atoms with van der Waals surface area (Å²) in [5.74, 6) is -0.458. The van der Waals surface area contributed by atoms with Gasteiger partial charge in [0.1, 0.15) is 12.7 Å². The van der Waals surface area contributed by atoms with Gasteiger partial charge < -0.3 is 24.7 Å². The Balaban J connectivity index is 3.51. The zero-order chi connectivity index (χ0) is 22.7. The molecule has 0 spiro atoms. The molecule has 2 atom stereocenters. The molecule has 4 N–H and O–H groups in total. The third-order valence-electron chi connectivity index (χ3n) is 4.59. The highest BCUT2D eigenvalue weighted by molar-refractivity contribution is 7.46. The molecule has 9 heteroatoms. The summed E-state index contributed by atoms with van der Waals surface area (Å²) < 4.78 is 19.5. The van der Waals surface area contributed by atoms with Crippen LogP contribution in [0.4, 0.5) is 0 Å². The van der Waals surface area contributed by atoms with E-state index < -0.39 is 26.5 Å². The van der Waals surface area contributed by atoms with Crippen molar-refractivity contribution in [1.82, 2.24) is 0 Å². The Kier molecular flexibility index (Phi) is 18.5. The Morgan fingerprint density at radius 2 is 1.57 bits per heavy atom. The van der Waals surface area contributed by atoms with E-state index in [9.17, 15) is 19.6 Å². The Labute approximate surface area is 180 Å². The first kappa shape index (κ1) is 29.2. The maximum atomic E-state index is 11.6. The molecule has 8 nitrogen and oxygen atoms in total. The molecule has 0 radical (unpaired) electrons. The Morgan fingerprint density at radius 3 is 2.27 bits per heavy atom. The first-order chi connectivity index (χ1) is 14.2. The second kappa shape index (κ2) is 19.0. The van der Waals surface area contributed by atoms with Crippen molar-refractivity contribution in [3.63, 3.8) is 0 Å². The van der Waals surface area contributed by atoms with Gasteiger partial charge in [0.25, 0.3) is 0 Å². The van der Waals surface area contributed by atoms with E-state index in [1.807, 2.05) is 6.08 Å². The summed E-state index contributed by atoms with van der Waals surface area (Å²) in [6, 6.07) is 0. The van der Waals surface area contributed by atoms with E-state index in [2.05, 4.69) is 17.5 Å². The van der Waals surface area contributed by atoms with Crippen molar-refractivity contribution in [2.75, 3.05) is 13.2 Å². The predicted octanol–water partition coefficient (Wildman–Crippen LogP) is 4.01. The van der Waals surface area contributed by atoms with Gasteiger partial charge in [0.2, 0.25) is 0 Å². The molecule has 1 unspecified atom stereocenters. The van der Waals surface area contributed by atoms with Crippen molar-refractivity contribution in [2.45, 2.75) is 103 Å². The summed E-state index contributed by atoms with van der Waals surface area (Å²) in [5.41, 5.74) is 0. The number of unbranched alkanes of at least 4 members (excludes halogenated alkanes) is 9. The van der Waals surface area contributed by atoms with Crippen molar-refractivity contribution >= 4 is 13.8 Å². The molecule has 0 amide bonds. The van der Waals surface area contributed by atoms with Crippen LogP contribution >= 0.6 is 7.82 Å². The number of aliphatic hydroxyl groups excluding tert-OH is 2. The minimum Gasteiger partial charge on any atom is -0.463 e. The molecule has 0 aromatic rings. The number of ether oxygens (including phenoxy) is 1. The summed E-state index contributed by atoms with van der Waals surface area (Å²) in [7, 11) is -4.64. The number of hydrogen-bond acceptors (Lipinski definition) is 6. The molecule has 30 heavy (non-hydrogen) atoms. The van der Waals surface area contributed by atoms with E-state index in [4.69, 9.17) is 14.5 Å². The average molecular weight is 453 g/mol. The van der Waals surface area contributed by atoms with Crippen LogP contribution in [-0.2, 0) is 18.6 Å². The molecule has 0 saturated heterocycles. The minimum atomic E-state index is -4.64. The summed E-state index contributed by atoms with van der Waals surface area (Å²) in [4.78, 5) is 28.6. The molecular formula is C21H41O8P. The van der Waals surface area contributed by atoms with Gasteiger partial charge in [-0.1, -0.05) is 70.4 Å². The molecule has 0 heterocycles. The van der Waals surface area contributed by atoms with Crippen molar-refractivity contribution < 1.29 is 38.6 Å². The van der Waals surface area contributed by atoms with Crippen LogP contribution in [0.3, 0.4) is 0 Å². The molecule has 0 aromatic carbocycles. The average Bonchev–Trinajstić information content (AvgIpc) is 2.68. The fraction of sp³-hybridized carbons (Fsp3) is 0.857. The van der Waals surface area contributed by atoms with E-state index >= 15 is 0 Å². The first-order valence-corrected chi connectivity index (χ1v) is 12.7. The molecule has 0 saturated carbocycles. The molecule has 0 aliphatic carbocycles. The zero-order valence-corrected chi connectivity index (χ0v) is 19.2. The number of phosphoric ester groups is 1. The van der Waals surface area contributed by atoms with Gasteiger partial charge in [-0.25, -0.2) is 4.57 Å². The van der Waals surface area contributed by atoms with Crippen LogP contribution in [0.5, 0.6) is 0 Å². The molecule has 0 bridgehead atoms. The molecule has 0 aliphatic heterocycles. The number of aliphatic hydroxyl groups is 2. The predicted molar refractivity (Wildman–Crippen MR) is 116 cm³/mol. The Morgan fingerprint density at radius 1 is 0.933 bits per heavy atom. The molecule has 0 fully saturated rings. The van der Waals surface area contributed by atoms with E-state index in [0.717, 1.165) is 38.5 Å². The first-order valence-electron chi connectivity index (χ1n) is 11.1. The molecule has 0 rings (SSSR count). The number of carbonyl (C=O) groups excluding carboxylic acids is 1. The maximum Gasteiger partial charge on any atom is 0.469 e. The highest BCUT2D eigenvalue weighted by atomic mass is 31.2. The van der Waals surface area contributed by atoms with Gasteiger partial charge in [-0.2, -0.15) is 0 Å². The normalized spacial score (nSPS) is 14.2. The number of rotatable bonds is 20. The zero-order valence-electron chi connectivity index (χ0n) is 18.3. The smallest absolute Gasteiger partial charge is 0.463 e. The Bertz CT molecular complexity index is 491. The van der Waals surface area contributed by atoms with Crippen molar-refractivity contribution in [2.24, 2.45) is 0 Å². The number of esters is 1.